The first-order chi connectivity index (χ1) is 15.0. The van der Waals surface area contributed by atoms with Crippen LogP contribution >= 0.6 is 11.3 Å². The molecule has 0 aliphatic carbocycles. The number of nitrogens with zero attached hydrogens (tertiary/aromatic N) is 3. The van der Waals surface area contributed by atoms with Gasteiger partial charge < -0.3 is 9.64 Å². The zero-order chi connectivity index (χ0) is 21.8. The maximum atomic E-state index is 12.9. The van der Waals surface area contributed by atoms with Crippen molar-refractivity contribution in [3.8, 4) is 5.75 Å². The molecule has 5 nitrogen and oxygen atoms in total. The third-order valence-corrected chi connectivity index (χ3v) is 6.63. The van der Waals surface area contributed by atoms with Gasteiger partial charge in [-0.1, -0.05) is 18.2 Å². The Morgan fingerprint density at radius 2 is 2.06 bits per heavy atom. The van der Waals surface area contributed by atoms with Crippen LogP contribution in [0.4, 0.5) is 0 Å². The van der Waals surface area contributed by atoms with E-state index >= 15 is 0 Å². The van der Waals surface area contributed by atoms with Gasteiger partial charge in [0.15, 0.2) is 0 Å². The second-order valence-corrected chi connectivity index (χ2v) is 9.31. The van der Waals surface area contributed by atoms with Gasteiger partial charge in [-0.05, 0) is 56.0 Å². The number of benzene rings is 1. The number of hydrogen-bond donors (Lipinski definition) is 0. The van der Waals surface area contributed by atoms with Gasteiger partial charge >= 0.3 is 0 Å². The highest BCUT2D eigenvalue weighted by molar-refractivity contribution is 7.09. The van der Waals surface area contributed by atoms with Crippen molar-refractivity contribution >= 4 is 17.2 Å². The number of carbonyl (C=O) groups is 1. The van der Waals surface area contributed by atoms with Crippen LogP contribution in [0, 0.1) is 13.8 Å². The number of para-hydroxylation sites is 1. The molecule has 0 radical (unpaired) electrons. The summed E-state index contributed by atoms with van der Waals surface area (Å²) < 4.78 is 5.52. The minimum atomic E-state index is 0.164. The Kier molecular flexibility index (Phi) is 6.66. The summed E-state index contributed by atoms with van der Waals surface area (Å²) in [5, 5.41) is 2.99. The van der Waals surface area contributed by atoms with E-state index < -0.39 is 0 Å². The molecule has 0 saturated carbocycles. The van der Waals surface area contributed by atoms with Crippen molar-refractivity contribution in [1.82, 2.24) is 14.9 Å². The van der Waals surface area contributed by atoms with Crippen molar-refractivity contribution in [1.29, 1.82) is 0 Å². The normalized spacial score (nSPS) is 16.4. The number of piperidine rings is 1. The monoisotopic (exact) mass is 435 g/mol. The standard InChI is InChI=1S/C25H29N3O2S/c1-17-11-19(12-20-7-4-5-9-24(20)30-3)13-23(26-17)21-8-6-10-28(15-21)25(29)14-22-16-31-18(2)27-22/h4-5,7,9,11,13,16,21H,6,8,10,12,14-15H2,1-3H3/t21-/m1/s1. The van der Waals surface area contributed by atoms with E-state index in [1.807, 2.05) is 42.3 Å². The highest BCUT2D eigenvalue weighted by Gasteiger charge is 2.26. The largest absolute Gasteiger partial charge is 0.496 e. The maximum absolute atomic E-state index is 12.9. The molecule has 0 N–H and O–H groups in total. The maximum Gasteiger partial charge on any atom is 0.228 e. The third-order valence-electron chi connectivity index (χ3n) is 5.81. The molecule has 2 aromatic heterocycles. The summed E-state index contributed by atoms with van der Waals surface area (Å²) in [6, 6.07) is 12.5. The molecular weight excluding hydrogens is 406 g/mol. The van der Waals surface area contributed by atoms with E-state index in [0.29, 0.717) is 6.42 Å². The minimum absolute atomic E-state index is 0.164. The van der Waals surface area contributed by atoms with E-state index in [1.165, 1.54) is 11.1 Å². The molecule has 3 heterocycles. The summed E-state index contributed by atoms with van der Waals surface area (Å²) in [6.07, 6.45) is 3.25. The summed E-state index contributed by atoms with van der Waals surface area (Å²) in [6.45, 7) is 5.57. The summed E-state index contributed by atoms with van der Waals surface area (Å²) in [4.78, 5) is 24.1. The zero-order valence-electron chi connectivity index (χ0n) is 18.4. The van der Waals surface area contributed by atoms with Gasteiger partial charge in [-0.3, -0.25) is 9.78 Å². The first kappa shape index (κ1) is 21.5. The summed E-state index contributed by atoms with van der Waals surface area (Å²) in [5.41, 5.74) is 5.38. The fourth-order valence-electron chi connectivity index (χ4n) is 4.35. The van der Waals surface area contributed by atoms with Crippen molar-refractivity contribution in [2.45, 2.75) is 45.4 Å². The number of aromatic nitrogens is 2. The number of likely N-dealkylation sites (tertiary alicyclic amines) is 1. The Morgan fingerprint density at radius 1 is 1.23 bits per heavy atom. The van der Waals surface area contributed by atoms with Gasteiger partial charge in [0.1, 0.15) is 5.75 Å². The van der Waals surface area contributed by atoms with Crippen LogP contribution < -0.4 is 4.74 Å². The number of carbonyl (C=O) groups excluding carboxylic acids is 1. The molecule has 4 rings (SSSR count). The van der Waals surface area contributed by atoms with Crippen molar-refractivity contribution in [3.63, 3.8) is 0 Å². The van der Waals surface area contributed by atoms with E-state index in [2.05, 4.69) is 23.2 Å². The lowest BCUT2D eigenvalue weighted by molar-refractivity contribution is -0.131. The van der Waals surface area contributed by atoms with E-state index in [4.69, 9.17) is 9.72 Å². The van der Waals surface area contributed by atoms with Crippen LogP contribution in [0.2, 0.25) is 0 Å². The Balaban J connectivity index is 1.49. The first-order valence-electron chi connectivity index (χ1n) is 10.8. The number of hydrogen-bond acceptors (Lipinski definition) is 5. The molecule has 0 spiro atoms. The molecule has 6 heteroatoms. The number of pyridine rings is 1. The molecule has 1 saturated heterocycles. The molecule has 1 aliphatic heterocycles. The van der Waals surface area contributed by atoms with Crippen molar-refractivity contribution in [2.75, 3.05) is 20.2 Å². The molecule has 3 aromatic rings. The Hall–Kier alpha value is -2.73. The summed E-state index contributed by atoms with van der Waals surface area (Å²) >= 11 is 1.60. The van der Waals surface area contributed by atoms with Gasteiger partial charge in [0.2, 0.25) is 5.91 Å². The molecular formula is C25H29N3O2S. The van der Waals surface area contributed by atoms with Crippen LogP contribution in [0.5, 0.6) is 5.75 Å². The number of rotatable bonds is 6. The second-order valence-electron chi connectivity index (χ2n) is 8.24. The zero-order valence-corrected chi connectivity index (χ0v) is 19.2. The Morgan fingerprint density at radius 3 is 2.84 bits per heavy atom. The smallest absolute Gasteiger partial charge is 0.228 e. The fourth-order valence-corrected chi connectivity index (χ4v) is 4.96. The van der Waals surface area contributed by atoms with Crippen LogP contribution in [-0.4, -0.2) is 41.0 Å². The molecule has 0 unspecified atom stereocenters. The van der Waals surface area contributed by atoms with E-state index in [-0.39, 0.29) is 11.8 Å². The molecule has 1 fully saturated rings. The molecule has 1 aromatic carbocycles. The lowest BCUT2D eigenvalue weighted by Gasteiger charge is -2.32. The summed E-state index contributed by atoms with van der Waals surface area (Å²) in [5.74, 6) is 1.34. The average Bonchev–Trinajstić information content (AvgIpc) is 3.18. The third kappa shape index (κ3) is 5.31. The van der Waals surface area contributed by atoms with Crippen LogP contribution in [0.15, 0.2) is 41.8 Å². The lowest BCUT2D eigenvalue weighted by atomic mass is 9.92. The van der Waals surface area contributed by atoms with Crippen molar-refractivity contribution in [3.05, 3.63) is 75.0 Å². The van der Waals surface area contributed by atoms with Gasteiger partial charge in [-0.2, -0.15) is 0 Å². The fraction of sp³-hybridized carbons (Fsp3) is 0.400. The van der Waals surface area contributed by atoms with Gasteiger partial charge in [-0.15, -0.1) is 11.3 Å². The molecule has 31 heavy (non-hydrogen) atoms. The summed E-state index contributed by atoms with van der Waals surface area (Å²) in [7, 11) is 1.71. The Bertz CT molecular complexity index is 1060. The van der Waals surface area contributed by atoms with Crippen LogP contribution in [0.3, 0.4) is 0 Å². The predicted molar refractivity (Wildman–Crippen MR) is 124 cm³/mol. The van der Waals surface area contributed by atoms with Crippen molar-refractivity contribution in [2.24, 2.45) is 0 Å². The second kappa shape index (κ2) is 9.60. The lowest BCUT2D eigenvalue weighted by Crippen LogP contribution is -2.40. The van der Waals surface area contributed by atoms with Crippen LogP contribution in [-0.2, 0) is 17.6 Å². The minimum Gasteiger partial charge on any atom is -0.496 e. The first-order valence-corrected chi connectivity index (χ1v) is 11.7. The molecule has 162 valence electrons. The number of methoxy groups -OCH3 is 1. The number of aryl methyl sites for hydroxylation is 2. The van der Waals surface area contributed by atoms with Gasteiger partial charge in [0, 0.05) is 42.2 Å². The van der Waals surface area contributed by atoms with Crippen molar-refractivity contribution < 1.29 is 9.53 Å². The Labute approximate surface area is 188 Å². The van der Waals surface area contributed by atoms with Gasteiger partial charge in [-0.25, -0.2) is 4.98 Å². The molecule has 1 aliphatic rings. The van der Waals surface area contributed by atoms with Crippen LogP contribution in [0.25, 0.3) is 0 Å². The molecule has 1 atom stereocenters. The quantitative estimate of drug-likeness (QED) is 0.563. The molecule has 0 bridgehead atoms. The van der Waals surface area contributed by atoms with E-state index in [1.54, 1.807) is 18.4 Å². The highest BCUT2D eigenvalue weighted by atomic mass is 32.1. The van der Waals surface area contributed by atoms with E-state index in [0.717, 1.165) is 60.2 Å². The van der Waals surface area contributed by atoms with Gasteiger partial charge in [0.25, 0.3) is 0 Å². The van der Waals surface area contributed by atoms with Gasteiger partial charge in [0.05, 0.1) is 24.2 Å². The van der Waals surface area contributed by atoms with E-state index in [9.17, 15) is 4.79 Å². The highest BCUT2D eigenvalue weighted by Crippen LogP contribution is 2.29. The number of thiazole rings is 1. The number of amides is 1. The SMILES string of the molecule is COc1ccccc1Cc1cc(C)nc([C@@H]2CCCN(C(=O)Cc3csc(C)n3)C2)c1. The average molecular weight is 436 g/mol. The predicted octanol–water partition coefficient (Wildman–Crippen LogP) is 4.70. The number of ether oxygens (including phenoxy) is 1. The van der Waals surface area contributed by atoms with Crippen LogP contribution in [0.1, 0.15) is 52.0 Å². The topological polar surface area (TPSA) is 55.3 Å². The molecule has 1 amide bonds.